The van der Waals surface area contributed by atoms with Gasteiger partial charge in [0.25, 0.3) is 0 Å². The van der Waals surface area contributed by atoms with Crippen LogP contribution in [0.2, 0.25) is 0 Å². The molecule has 0 heterocycles. The standard InChI is InChI=1S/C19H24N2O4S/c1-14(19(20)22)21-11-15-7-9-18(10-8-15)25-12-16-3-5-17(6-4-16)13-26(2,23)24/h3-10,14,21H,11-13H2,1-2H3,(H2,20,22)/t14-/m0/s1. The maximum absolute atomic E-state index is 11.3. The molecule has 0 saturated heterocycles. The summed E-state index contributed by atoms with van der Waals surface area (Å²) in [5, 5.41) is 3.04. The molecule has 140 valence electrons. The van der Waals surface area contributed by atoms with Crippen molar-refractivity contribution in [2.75, 3.05) is 6.26 Å². The Labute approximate surface area is 154 Å². The first-order valence-electron chi connectivity index (χ1n) is 8.23. The van der Waals surface area contributed by atoms with E-state index in [9.17, 15) is 13.2 Å². The highest BCUT2D eigenvalue weighted by molar-refractivity contribution is 7.89. The molecule has 3 N–H and O–H groups in total. The van der Waals surface area contributed by atoms with Crippen LogP contribution in [0.5, 0.6) is 5.75 Å². The van der Waals surface area contributed by atoms with E-state index in [1.807, 2.05) is 36.4 Å². The van der Waals surface area contributed by atoms with Gasteiger partial charge in [0.05, 0.1) is 11.8 Å². The van der Waals surface area contributed by atoms with Gasteiger partial charge in [0.15, 0.2) is 9.84 Å². The number of nitrogens with two attached hydrogens (primary N) is 1. The van der Waals surface area contributed by atoms with Gasteiger partial charge in [0, 0.05) is 12.8 Å². The number of carbonyl (C=O) groups is 1. The molecule has 2 rings (SSSR count). The molecule has 0 spiro atoms. The molecular formula is C19H24N2O4S. The molecule has 0 aliphatic rings. The van der Waals surface area contributed by atoms with Crippen LogP contribution in [0.15, 0.2) is 48.5 Å². The van der Waals surface area contributed by atoms with Gasteiger partial charge in [-0.05, 0) is 35.7 Å². The second kappa shape index (κ2) is 8.82. The number of nitrogens with one attached hydrogen (secondary N) is 1. The second-order valence-corrected chi connectivity index (χ2v) is 8.46. The van der Waals surface area contributed by atoms with Gasteiger partial charge in [0.2, 0.25) is 5.91 Å². The topological polar surface area (TPSA) is 98.5 Å². The van der Waals surface area contributed by atoms with Gasteiger partial charge < -0.3 is 15.8 Å². The van der Waals surface area contributed by atoms with Crippen LogP contribution in [-0.2, 0) is 33.5 Å². The van der Waals surface area contributed by atoms with Gasteiger partial charge in [-0.15, -0.1) is 0 Å². The van der Waals surface area contributed by atoms with Crippen LogP contribution >= 0.6 is 0 Å². The van der Waals surface area contributed by atoms with Gasteiger partial charge in [-0.3, -0.25) is 4.79 Å². The molecule has 1 atom stereocenters. The van der Waals surface area contributed by atoms with E-state index in [1.54, 1.807) is 19.1 Å². The lowest BCUT2D eigenvalue weighted by atomic mass is 10.1. The Balaban J connectivity index is 1.85. The predicted molar refractivity (Wildman–Crippen MR) is 101 cm³/mol. The minimum Gasteiger partial charge on any atom is -0.489 e. The van der Waals surface area contributed by atoms with Crippen LogP contribution in [0.25, 0.3) is 0 Å². The maximum Gasteiger partial charge on any atom is 0.234 e. The van der Waals surface area contributed by atoms with E-state index >= 15 is 0 Å². The monoisotopic (exact) mass is 376 g/mol. The summed E-state index contributed by atoms with van der Waals surface area (Å²) in [4.78, 5) is 11.0. The summed E-state index contributed by atoms with van der Waals surface area (Å²) in [7, 11) is -3.03. The van der Waals surface area contributed by atoms with Gasteiger partial charge in [-0.2, -0.15) is 0 Å². The van der Waals surface area contributed by atoms with Crippen molar-refractivity contribution in [2.24, 2.45) is 5.73 Å². The summed E-state index contributed by atoms with van der Waals surface area (Å²) >= 11 is 0. The highest BCUT2D eigenvalue weighted by Crippen LogP contribution is 2.15. The molecule has 0 fully saturated rings. The number of amides is 1. The summed E-state index contributed by atoms with van der Waals surface area (Å²) in [6.07, 6.45) is 1.22. The lowest BCUT2D eigenvalue weighted by Gasteiger charge is -2.11. The Bertz CT molecular complexity index is 831. The maximum atomic E-state index is 11.3. The van der Waals surface area contributed by atoms with Crippen LogP contribution in [0.4, 0.5) is 0 Å². The molecule has 0 aliphatic heterocycles. The predicted octanol–water partition coefficient (Wildman–Crippen LogP) is 1.77. The molecule has 0 radical (unpaired) electrons. The quantitative estimate of drug-likeness (QED) is 0.695. The van der Waals surface area contributed by atoms with E-state index in [1.165, 1.54) is 6.26 Å². The summed E-state index contributed by atoms with van der Waals surface area (Å²) in [6.45, 7) is 2.67. The second-order valence-electron chi connectivity index (χ2n) is 6.32. The normalized spacial score (nSPS) is 12.5. The van der Waals surface area contributed by atoms with Crippen molar-refractivity contribution in [2.45, 2.75) is 31.9 Å². The van der Waals surface area contributed by atoms with E-state index in [4.69, 9.17) is 10.5 Å². The van der Waals surface area contributed by atoms with Crippen molar-refractivity contribution < 1.29 is 17.9 Å². The van der Waals surface area contributed by atoms with E-state index in [-0.39, 0.29) is 17.7 Å². The molecule has 1 amide bonds. The fourth-order valence-electron chi connectivity index (χ4n) is 2.28. The fraction of sp³-hybridized carbons (Fsp3) is 0.316. The average molecular weight is 376 g/mol. The third-order valence-electron chi connectivity index (χ3n) is 3.82. The Morgan fingerprint density at radius 1 is 1.04 bits per heavy atom. The molecular weight excluding hydrogens is 352 g/mol. The van der Waals surface area contributed by atoms with Crippen LogP contribution in [0, 0.1) is 0 Å². The lowest BCUT2D eigenvalue weighted by Crippen LogP contribution is -2.38. The zero-order valence-electron chi connectivity index (χ0n) is 14.9. The molecule has 2 aromatic rings. The van der Waals surface area contributed by atoms with Crippen molar-refractivity contribution in [1.82, 2.24) is 5.32 Å². The zero-order chi connectivity index (χ0) is 19.2. The van der Waals surface area contributed by atoms with Crippen LogP contribution < -0.4 is 15.8 Å². The van der Waals surface area contributed by atoms with Gasteiger partial charge in [-0.1, -0.05) is 36.4 Å². The first kappa shape index (κ1) is 19.9. The van der Waals surface area contributed by atoms with Crippen LogP contribution in [0.3, 0.4) is 0 Å². The summed E-state index contributed by atoms with van der Waals surface area (Å²) in [6, 6.07) is 14.5. The highest BCUT2D eigenvalue weighted by Gasteiger charge is 2.07. The summed E-state index contributed by atoms with van der Waals surface area (Å²) in [5.74, 6) is 0.391. The Hall–Kier alpha value is -2.38. The molecule has 0 bridgehead atoms. The molecule has 0 aliphatic carbocycles. The Kier molecular flexibility index (Phi) is 6.76. The third kappa shape index (κ3) is 6.85. The Morgan fingerprint density at radius 3 is 2.12 bits per heavy atom. The molecule has 0 aromatic heterocycles. The third-order valence-corrected chi connectivity index (χ3v) is 4.68. The fourth-order valence-corrected chi connectivity index (χ4v) is 3.07. The zero-order valence-corrected chi connectivity index (χ0v) is 15.8. The average Bonchev–Trinajstić information content (AvgIpc) is 2.58. The van der Waals surface area contributed by atoms with E-state index in [2.05, 4.69) is 5.32 Å². The molecule has 26 heavy (non-hydrogen) atoms. The molecule has 6 nitrogen and oxygen atoms in total. The van der Waals surface area contributed by atoms with Gasteiger partial charge in [-0.25, -0.2) is 8.42 Å². The number of carbonyl (C=O) groups excluding carboxylic acids is 1. The molecule has 7 heteroatoms. The van der Waals surface area contributed by atoms with Crippen molar-refractivity contribution in [3.05, 3.63) is 65.2 Å². The van der Waals surface area contributed by atoms with Crippen LogP contribution in [0.1, 0.15) is 23.6 Å². The Morgan fingerprint density at radius 2 is 1.58 bits per heavy atom. The first-order valence-corrected chi connectivity index (χ1v) is 10.3. The molecule has 0 saturated carbocycles. The van der Waals surface area contributed by atoms with E-state index < -0.39 is 9.84 Å². The number of benzene rings is 2. The summed E-state index contributed by atoms with van der Waals surface area (Å²) in [5.41, 5.74) is 7.95. The van der Waals surface area contributed by atoms with E-state index in [0.29, 0.717) is 13.2 Å². The van der Waals surface area contributed by atoms with Crippen LogP contribution in [-0.4, -0.2) is 26.6 Å². The molecule has 2 aromatic carbocycles. The number of rotatable bonds is 9. The van der Waals surface area contributed by atoms with E-state index in [0.717, 1.165) is 22.4 Å². The number of hydrogen-bond acceptors (Lipinski definition) is 5. The lowest BCUT2D eigenvalue weighted by molar-refractivity contribution is -0.119. The largest absolute Gasteiger partial charge is 0.489 e. The van der Waals surface area contributed by atoms with Crippen molar-refractivity contribution in [3.8, 4) is 5.75 Å². The minimum atomic E-state index is -3.03. The molecule has 0 unspecified atom stereocenters. The van der Waals surface area contributed by atoms with Crippen molar-refractivity contribution >= 4 is 15.7 Å². The number of sulfone groups is 1. The minimum absolute atomic E-state index is 0.0397. The SMILES string of the molecule is C[C@H](NCc1ccc(OCc2ccc(CS(C)(=O)=O)cc2)cc1)C(N)=O. The van der Waals surface area contributed by atoms with Crippen molar-refractivity contribution in [1.29, 1.82) is 0 Å². The number of hydrogen-bond donors (Lipinski definition) is 2. The van der Waals surface area contributed by atoms with Crippen molar-refractivity contribution in [3.63, 3.8) is 0 Å². The van der Waals surface area contributed by atoms with Gasteiger partial charge in [0.1, 0.15) is 12.4 Å². The number of primary amides is 1. The van der Waals surface area contributed by atoms with Gasteiger partial charge >= 0.3 is 0 Å². The first-order chi connectivity index (χ1) is 12.2. The smallest absolute Gasteiger partial charge is 0.234 e. The highest BCUT2D eigenvalue weighted by atomic mass is 32.2. The summed E-state index contributed by atoms with van der Waals surface area (Å²) < 4.78 is 28.3. The number of ether oxygens (including phenoxy) is 1.